The highest BCUT2D eigenvalue weighted by molar-refractivity contribution is 7.89. The molecule has 1 aromatic rings. The summed E-state index contributed by atoms with van der Waals surface area (Å²) >= 11 is 0. The van der Waals surface area contributed by atoms with Crippen LogP contribution in [0.3, 0.4) is 0 Å². The van der Waals surface area contributed by atoms with Crippen molar-refractivity contribution in [1.29, 1.82) is 0 Å². The summed E-state index contributed by atoms with van der Waals surface area (Å²) in [6.45, 7) is 3.08. The number of sulfonamides is 1. The maximum atomic E-state index is 13.5. The fourth-order valence-electron chi connectivity index (χ4n) is 2.24. The van der Waals surface area contributed by atoms with Crippen molar-refractivity contribution in [2.75, 3.05) is 38.5 Å². The molecule has 0 aliphatic carbocycles. The van der Waals surface area contributed by atoms with Crippen molar-refractivity contribution in [3.63, 3.8) is 0 Å². The van der Waals surface area contributed by atoms with E-state index in [1.54, 1.807) is 0 Å². The van der Waals surface area contributed by atoms with Gasteiger partial charge in [0.1, 0.15) is 11.6 Å². The van der Waals surface area contributed by atoms with Gasteiger partial charge in [-0.25, -0.2) is 22.3 Å². The molecule has 0 aromatic carbocycles. The standard InChI is InChI=1S/C12H18F2N4O2S/c13-11-7-16-8-12(14)10(11)9-18-3-1-17(2-4-18)5-6-21(15,19)20/h7-8H,1-6,9H2,(H2,15,19,20). The normalized spacial score (nSPS) is 18.0. The van der Waals surface area contributed by atoms with Crippen LogP contribution in [0.5, 0.6) is 0 Å². The molecule has 2 rings (SSSR count). The molecule has 0 bridgehead atoms. The van der Waals surface area contributed by atoms with Crippen LogP contribution in [0.25, 0.3) is 0 Å². The van der Waals surface area contributed by atoms with E-state index in [1.807, 2.05) is 9.80 Å². The molecule has 0 unspecified atom stereocenters. The number of hydrogen-bond acceptors (Lipinski definition) is 5. The average Bonchev–Trinajstić information content (AvgIpc) is 2.41. The number of nitrogens with zero attached hydrogens (tertiary/aromatic N) is 3. The largest absolute Gasteiger partial charge is 0.300 e. The third-order valence-corrected chi connectivity index (χ3v) is 4.24. The van der Waals surface area contributed by atoms with Crippen molar-refractivity contribution in [2.24, 2.45) is 5.14 Å². The Morgan fingerprint density at radius 3 is 2.14 bits per heavy atom. The second kappa shape index (κ2) is 6.73. The van der Waals surface area contributed by atoms with Gasteiger partial charge < -0.3 is 0 Å². The molecule has 2 heterocycles. The van der Waals surface area contributed by atoms with Crippen LogP contribution >= 0.6 is 0 Å². The second-order valence-electron chi connectivity index (χ2n) is 5.07. The van der Waals surface area contributed by atoms with Gasteiger partial charge >= 0.3 is 0 Å². The molecule has 1 aromatic heterocycles. The van der Waals surface area contributed by atoms with E-state index in [-0.39, 0.29) is 17.9 Å². The number of piperazine rings is 1. The molecule has 118 valence electrons. The summed E-state index contributed by atoms with van der Waals surface area (Å²) in [6.07, 6.45) is 2.00. The molecule has 0 saturated carbocycles. The van der Waals surface area contributed by atoms with Gasteiger partial charge in [-0.1, -0.05) is 0 Å². The summed E-state index contributed by atoms with van der Waals surface area (Å²) in [5, 5.41) is 4.96. The quantitative estimate of drug-likeness (QED) is 0.810. The Kier molecular flexibility index (Phi) is 5.20. The number of hydrogen-bond donors (Lipinski definition) is 1. The molecule has 9 heteroatoms. The number of aromatic nitrogens is 1. The zero-order chi connectivity index (χ0) is 15.5. The number of pyridine rings is 1. The van der Waals surface area contributed by atoms with Crippen molar-refractivity contribution >= 4 is 10.0 Å². The third kappa shape index (κ3) is 4.95. The smallest absolute Gasteiger partial charge is 0.210 e. The van der Waals surface area contributed by atoms with Gasteiger partial charge in [-0.2, -0.15) is 0 Å². The molecule has 1 aliphatic heterocycles. The van der Waals surface area contributed by atoms with E-state index >= 15 is 0 Å². The number of halogens is 2. The highest BCUT2D eigenvalue weighted by Gasteiger charge is 2.20. The van der Waals surface area contributed by atoms with Crippen LogP contribution in [0, 0.1) is 11.6 Å². The fraction of sp³-hybridized carbons (Fsp3) is 0.583. The summed E-state index contributed by atoms with van der Waals surface area (Å²) < 4.78 is 48.8. The fourth-order valence-corrected chi connectivity index (χ4v) is 2.75. The van der Waals surface area contributed by atoms with Crippen molar-refractivity contribution in [1.82, 2.24) is 14.8 Å². The Morgan fingerprint density at radius 1 is 1.10 bits per heavy atom. The van der Waals surface area contributed by atoms with Gasteiger partial charge in [0.25, 0.3) is 0 Å². The maximum Gasteiger partial charge on any atom is 0.210 e. The minimum absolute atomic E-state index is 0.0167. The Labute approximate surface area is 122 Å². The summed E-state index contributed by atoms with van der Waals surface area (Å²) in [5.74, 6) is -1.38. The molecule has 0 radical (unpaired) electrons. The van der Waals surface area contributed by atoms with E-state index in [1.165, 1.54) is 0 Å². The highest BCUT2D eigenvalue weighted by Crippen LogP contribution is 2.14. The first-order valence-corrected chi connectivity index (χ1v) is 8.30. The topological polar surface area (TPSA) is 79.5 Å². The second-order valence-corrected chi connectivity index (χ2v) is 6.80. The Bertz CT molecular complexity index is 569. The summed E-state index contributed by atoms with van der Waals surface area (Å²) in [4.78, 5) is 7.35. The highest BCUT2D eigenvalue weighted by atomic mass is 32.2. The predicted octanol–water partition coefficient (Wildman–Crippen LogP) is -0.234. The molecule has 0 spiro atoms. The van der Waals surface area contributed by atoms with Crippen LogP contribution in [-0.4, -0.2) is 61.7 Å². The molecule has 1 aliphatic rings. The zero-order valence-corrected chi connectivity index (χ0v) is 12.3. The first-order valence-electron chi connectivity index (χ1n) is 6.58. The number of rotatable bonds is 5. The van der Waals surface area contributed by atoms with Crippen LogP contribution in [-0.2, 0) is 16.6 Å². The van der Waals surface area contributed by atoms with E-state index in [2.05, 4.69) is 4.98 Å². The summed E-state index contributed by atoms with van der Waals surface area (Å²) in [5.41, 5.74) is 0.0167. The maximum absolute atomic E-state index is 13.5. The van der Waals surface area contributed by atoms with Gasteiger partial charge in [0.2, 0.25) is 10.0 Å². The average molecular weight is 320 g/mol. The van der Waals surface area contributed by atoms with Crippen LogP contribution in [0.15, 0.2) is 12.4 Å². The van der Waals surface area contributed by atoms with E-state index in [0.717, 1.165) is 12.4 Å². The number of primary sulfonamides is 1. The van der Waals surface area contributed by atoms with Gasteiger partial charge in [0, 0.05) is 44.8 Å². The lowest BCUT2D eigenvalue weighted by atomic mass is 10.2. The lowest BCUT2D eigenvalue weighted by molar-refractivity contribution is 0.130. The van der Waals surface area contributed by atoms with E-state index in [9.17, 15) is 17.2 Å². The molecule has 0 amide bonds. The van der Waals surface area contributed by atoms with Crippen LogP contribution in [0.4, 0.5) is 8.78 Å². The molecule has 1 saturated heterocycles. The molecule has 2 N–H and O–H groups in total. The summed E-state index contributed by atoms with van der Waals surface area (Å²) in [6, 6.07) is 0. The van der Waals surface area contributed by atoms with Gasteiger partial charge in [0.05, 0.1) is 18.1 Å². The Hall–Kier alpha value is -1.16. The third-order valence-electron chi connectivity index (χ3n) is 3.49. The minimum atomic E-state index is -3.46. The van der Waals surface area contributed by atoms with Gasteiger partial charge in [-0.05, 0) is 0 Å². The molecular formula is C12H18F2N4O2S. The molecular weight excluding hydrogens is 302 g/mol. The summed E-state index contributed by atoms with van der Waals surface area (Å²) in [7, 11) is -3.46. The van der Waals surface area contributed by atoms with Gasteiger partial charge in [0.15, 0.2) is 0 Å². The van der Waals surface area contributed by atoms with E-state index < -0.39 is 21.7 Å². The first-order chi connectivity index (χ1) is 9.85. The number of nitrogens with two attached hydrogens (primary N) is 1. The van der Waals surface area contributed by atoms with Crippen molar-refractivity contribution in [3.05, 3.63) is 29.6 Å². The molecule has 0 atom stereocenters. The Balaban J connectivity index is 1.84. The lowest BCUT2D eigenvalue weighted by Crippen LogP contribution is -2.47. The predicted molar refractivity (Wildman–Crippen MR) is 73.8 cm³/mol. The first kappa shape index (κ1) is 16.2. The van der Waals surface area contributed by atoms with Crippen molar-refractivity contribution in [2.45, 2.75) is 6.54 Å². The van der Waals surface area contributed by atoms with Gasteiger partial charge in [-0.15, -0.1) is 0 Å². The van der Waals surface area contributed by atoms with E-state index in [0.29, 0.717) is 32.7 Å². The van der Waals surface area contributed by atoms with Crippen LogP contribution in [0.1, 0.15) is 5.56 Å². The lowest BCUT2D eigenvalue weighted by Gasteiger charge is -2.34. The van der Waals surface area contributed by atoms with E-state index in [4.69, 9.17) is 5.14 Å². The molecule has 6 nitrogen and oxygen atoms in total. The van der Waals surface area contributed by atoms with Crippen LogP contribution < -0.4 is 5.14 Å². The molecule has 1 fully saturated rings. The van der Waals surface area contributed by atoms with Gasteiger partial charge in [-0.3, -0.25) is 14.8 Å². The molecule has 21 heavy (non-hydrogen) atoms. The minimum Gasteiger partial charge on any atom is -0.300 e. The van der Waals surface area contributed by atoms with Crippen molar-refractivity contribution < 1.29 is 17.2 Å². The zero-order valence-electron chi connectivity index (χ0n) is 11.5. The SMILES string of the molecule is NS(=O)(=O)CCN1CCN(Cc2c(F)cncc2F)CC1. The Morgan fingerprint density at radius 2 is 1.62 bits per heavy atom. The monoisotopic (exact) mass is 320 g/mol. The van der Waals surface area contributed by atoms with Crippen molar-refractivity contribution in [3.8, 4) is 0 Å². The van der Waals surface area contributed by atoms with Crippen LogP contribution in [0.2, 0.25) is 0 Å².